The third kappa shape index (κ3) is 6.74. The zero-order valence-electron chi connectivity index (χ0n) is 19.5. The second-order valence-electron chi connectivity index (χ2n) is 8.50. The zero-order valence-corrected chi connectivity index (χ0v) is 22.0. The number of benzene rings is 1. The van der Waals surface area contributed by atoms with Gasteiger partial charge in [0.25, 0.3) is 8.53 Å². The molecule has 3 atom stereocenters. The molecule has 2 rings (SSSR count). The lowest BCUT2D eigenvalue weighted by Gasteiger charge is -2.39. The fourth-order valence-electron chi connectivity index (χ4n) is 3.55. The van der Waals surface area contributed by atoms with Crippen molar-refractivity contribution in [3.8, 4) is 11.8 Å². The van der Waals surface area contributed by atoms with Crippen molar-refractivity contribution >= 4 is 30.1 Å². The van der Waals surface area contributed by atoms with E-state index in [-0.39, 0.29) is 34.8 Å². The first-order valence-electron chi connectivity index (χ1n) is 10.5. The van der Waals surface area contributed by atoms with Crippen molar-refractivity contribution in [1.82, 2.24) is 4.67 Å². The molecule has 1 heterocycles. The molecule has 0 aromatic heterocycles. The fourth-order valence-corrected chi connectivity index (χ4v) is 9.09. The topological polar surface area (TPSA) is 75.0 Å². The molecule has 1 N–H and O–H groups in total. The zero-order chi connectivity index (χ0) is 23.2. The van der Waals surface area contributed by atoms with Crippen LogP contribution in [0.15, 0.2) is 18.2 Å². The number of methoxy groups -OCH3 is 1. The van der Waals surface area contributed by atoms with Crippen molar-refractivity contribution in [1.29, 1.82) is 5.26 Å². The summed E-state index contributed by atoms with van der Waals surface area (Å²) in [5, 5.41) is 19.0. The second kappa shape index (κ2) is 12.1. The standard InChI is InChI=1S/C22H35N2O4PS2/c1-15(2)24(16(3)4)29(27-12-8-11-23)28-21-20(30-31-22(21,5)6)19-10-9-18(26-7)13-17(19)14-25/h9-10,13,15-16,20-21,25H,8,12,14H2,1-7H3/t20-,21-,29?/m0/s1. The van der Waals surface area contributed by atoms with E-state index in [9.17, 15) is 5.11 Å². The summed E-state index contributed by atoms with van der Waals surface area (Å²) < 4.78 is 20.4. The lowest BCUT2D eigenvalue weighted by Crippen LogP contribution is -2.39. The maximum atomic E-state index is 10.0. The van der Waals surface area contributed by atoms with Crippen molar-refractivity contribution in [2.75, 3.05) is 13.7 Å². The third-order valence-electron chi connectivity index (χ3n) is 5.02. The lowest BCUT2D eigenvalue weighted by molar-refractivity contribution is 0.114. The van der Waals surface area contributed by atoms with Gasteiger partial charge in [0, 0.05) is 16.8 Å². The second-order valence-corrected chi connectivity index (χ2v) is 12.9. The summed E-state index contributed by atoms with van der Waals surface area (Å²) >= 11 is 0. The van der Waals surface area contributed by atoms with Gasteiger partial charge in [-0.3, -0.25) is 0 Å². The van der Waals surface area contributed by atoms with Gasteiger partial charge in [-0.1, -0.05) is 27.7 Å². The third-order valence-corrected chi connectivity index (χ3v) is 10.8. The maximum absolute atomic E-state index is 10.0. The molecule has 1 aromatic carbocycles. The summed E-state index contributed by atoms with van der Waals surface area (Å²) in [6.45, 7) is 13.2. The van der Waals surface area contributed by atoms with Crippen molar-refractivity contribution < 1.29 is 18.9 Å². The highest BCUT2D eigenvalue weighted by Crippen LogP contribution is 2.63. The van der Waals surface area contributed by atoms with Crippen molar-refractivity contribution in [2.45, 2.75) is 82.8 Å². The van der Waals surface area contributed by atoms with Crippen LogP contribution in [0.2, 0.25) is 0 Å². The van der Waals surface area contributed by atoms with Crippen LogP contribution in [0.5, 0.6) is 5.75 Å². The van der Waals surface area contributed by atoms with Gasteiger partial charge >= 0.3 is 0 Å². The number of aliphatic hydroxyl groups excluding tert-OH is 1. The highest BCUT2D eigenvalue weighted by atomic mass is 33.1. The fraction of sp³-hybridized carbons (Fsp3) is 0.682. The molecular weight excluding hydrogens is 451 g/mol. The van der Waals surface area contributed by atoms with E-state index < -0.39 is 8.53 Å². The van der Waals surface area contributed by atoms with Gasteiger partial charge in [0.1, 0.15) is 5.75 Å². The van der Waals surface area contributed by atoms with E-state index in [4.69, 9.17) is 19.0 Å². The average Bonchev–Trinajstić information content (AvgIpc) is 3.01. The summed E-state index contributed by atoms with van der Waals surface area (Å²) in [6, 6.07) is 8.49. The van der Waals surface area contributed by atoms with Gasteiger partial charge in [0.15, 0.2) is 0 Å². The lowest BCUT2D eigenvalue weighted by atomic mass is 9.94. The minimum atomic E-state index is -1.36. The van der Waals surface area contributed by atoms with Crippen LogP contribution in [0.4, 0.5) is 0 Å². The van der Waals surface area contributed by atoms with E-state index in [0.717, 1.165) is 16.9 Å². The molecule has 174 valence electrons. The van der Waals surface area contributed by atoms with E-state index in [1.54, 1.807) is 28.7 Å². The van der Waals surface area contributed by atoms with Crippen LogP contribution in [0, 0.1) is 11.3 Å². The van der Waals surface area contributed by atoms with Gasteiger partial charge in [-0.2, -0.15) is 5.26 Å². The average molecular weight is 487 g/mol. The number of hydrogen-bond donors (Lipinski definition) is 1. The van der Waals surface area contributed by atoms with Crippen molar-refractivity contribution in [2.24, 2.45) is 0 Å². The van der Waals surface area contributed by atoms with E-state index in [1.807, 2.05) is 18.2 Å². The number of rotatable bonds is 11. The van der Waals surface area contributed by atoms with Crippen LogP contribution in [-0.2, 0) is 15.7 Å². The monoisotopic (exact) mass is 486 g/mol. The molecule has 0 radical (unpaired) electrons. The summed E-state index contributed by atoms with van der Waals surface area (Å²) in [4.78, 5) is 0. The van der Waals surface area contributed by atoms with Crippen LogP contribution in [0.25, 0.3) is 0 Å². The largest absolute Gasteiger partial charge is 0.497 e. The molecule has 6 nitrogen and oxygen atoms in total. The van der Waals surface area contributed by atoms with Crippen LogP contribution in [0.3, 0.4) is 0 Å². The molecule has 1 aromatic rings. The Morgan fingerprint density at radius 3 is 2.48 bits per heavy atom. The van der Waals surface area contributed by atoms with E-state index in [2.05, 4.69) is 52.3 Å². The van der Waals surface area contributed by atoms with E-state index in [0.29, 0.717) is 13.0 Å². The van der Waals surface area contributed by atoms with Crippen LogP contribution < -0.4 is 4.74 Å². The molecule has 1 saturated heterocycles. The van der Waals surface area contributed by atoms with Crippen LogP contribution >= 0.6 is 30.1 Å². The number of hydrogen-bond acceptors (Lipinski definition) is 8. The Morgan fingerprint density at radius 1 is 1.26 bits per heavy atom. The molecule has 1 aliphatic rings. The maximum Gasteiger partial charge on any atom is 0.259 e. The molecule has 9 heteroatoms. The molecule has 1 fully saturated rings. The molecular formula is C22H35N2O4PS2. The Hall–Kier alpha value is -0.520. The first-order valence-corrected chi connectivity index (χ1v) is 13.9. The molecule has 1 aliphatic heterocycles. The first-order chi connectivity index (χ1) is 14.7. The Labute approximate surface area is 196 Å². The van der Waals surface area contributed by atoms with Crippen molar-refractivity contribution in [3.63, 3.8) is 0 Å². The Morgan fingerprint density at radius 2 is 1.94 bits per heavy atom. The minimum absolute atomic E-state index is 0.0406. The van der Waals surface area contributed by atoms with Gasteiger partial charge in [-0.15, -0.1) is 0 Å². The molecule has 0 saturated carbocycles. The number of nitrogens with zero attached hydrogens (tertiary/aromatic N) is 2. The summed E-state index contributed by atoms with van der Waals surface area (Å²) in [5.41, 5.74) is 1.91. The summed E-state index contributed by atoms with van der Waals surface area (Å²) in [6.07, 6.45) is 0.203. The van der Waals surface area contributed by atoms with Gasteiger partial charge in [0.05, 0.1) is 44.2 Å². The van der Waals surface area contributed by atoms with E-state index in [1.165, 1.54) is 0 Å². The predicted octanol–water partition coefficient (Wildman–Crippen LogP) is 6.06. The molecule has 0 amide bonds. The Kier molecular flexibility index (Phi) is 10.4. The molecule has 0 spiro atoms. The SMILES string of the molecule is COc1ccc([C@@H]2SSC(C)(C)[C@H]2OP(OCCC#N)N(C(C)C)C(C)C)c(CO)c1. The number of ether oxygens (including phenoxy) is 1. The molecule has 0 aliphatic carbocycles. The highest BCUT2D eigenvalue weighted by Gasteiger charge is 2.48. The predicted molar refractivity (Wildman–Crippen MR) is 131 cm³/mol. The van der Waals surface area contributed by atoms with Gasteiger partial charge in [-0.25, -0.2) is 4.67 Å². The van der Waals surface area contributed by atoms with Crippen LogP contribution in [-0.4, -0.2) is 46.4 Å². The smallest absolute Gasteiger partial charge is 0.259 e. The first kappa shape index (κ1) is 26.7. The minimum Gasteiger partial charge on any atom is -0.497 e. The van der Waals surface area contributed by atoms with Gasteiger partial charge < -0.3 is 18.9 Å². The number of aliphatic hydroxyl groups is 1. The van der Waals surface area contributed by atoms with E-state index >= 15 is 0 Å². The molecule has 31 heavy (non-hydrogen) atoms. The van der Waals surface area contributed by atoms with Gasteiger partial charge in [0.2, 0.25) is 0 Å². The van der Waals surface area contributed by atoms with Crippen LogP contribution in [0.1, 0.15) is 64.3 Å². The van der Waals surface area contributed by atoms with Crippen molar-refractivity contribution in [3.05, 3.63) is 29.3 Å². The van der Waals surface area contributed by atoms with Gasteiger partial charge in [-0.05, 0) is 64.8 Å². The molecule has 1 unspecified atom stereocenters. The normalized spacial score (nSPS) is 21.6. The Balaban J connectivity index is 2.38. The summed E-state index contributed by atoms with van der Waals surface area (Å²) in [7, 11) is 3.85. The number of nitriles is 1. The highest BCUT2D eigenvalue weighted by molar-refractivity contribution is 8.77. The Bertz CT molecular complexity index is 750. The molecule has 0 bridgehead atoms. The summed E-state index contributed by atoms with van der Waals surface area (Å²) in [5.74, 6) is 0.730. The quantitative estimate of drug-likeness (QED) is 0.230.